The van der Waals surface area contributed by atoms with Crippen LogP contribution in [-0.2, 0) is 5.75 Å². The lowest BCUT2D eigenvalue weighted by Crippen LogP contribution is -1.92. The first kappa shape index (κ1) is 14.2. The molecular weight excluding hydrogens is 281 g/mol. The molecule has 0 bridgehead atoms. The maximum Gasteiger partial charge on any atom is 0.143 e. The van der Waals surface area contributed by atoms with Crippen molar-refractivity contribution in [2.24, 2.45) is 0 Å². The van der Waals surface area contributed by atoms with Gasteiger partial charge in [0.25, 0.3) is 0 Å². The van der Waals surface area contributed by atoms with Crippen molar-refractivity contribution in [3.8, 4) is 0 Å². The van der Waals surface area contributed by atoms with E-state index in [9.17, 15) is 4.39 Å². The number of aryl methyl sites for hydroxylation is 2. The second-order valence-corrected chi connectivity index (χ2v) is 6.01. The molecule has 2 aromatic rings. The highest BCUT2D eigenvalue weighted by Gasteiger charge is 2.07. The molecule has 0 saturated heterocycles. The monoisotopic (exact) mass is 295 g/mol. The van der Waals surface area contributed by atoms with Gasteiger partial charge in [-0.15, -0.1) is 11.8 Å². The van der Waals surface area contributed by atoms with Gasteiger partial charge in [-0.2, -0.15) is 0 Å². The van der Waals surface area contributed by atoms with E-state index in [0.29, 0.717) is 5.69 Å². The Morgan fingerprint density at radius 1 is 1.11 bits per heavy atom. The maximum atomic E-state index is 13.2. The van der Waals surface area contributed by atoms with Gasteiger partial charge >= 0.3 is 0 Å². The first-order chi connectivity index (χ1) is 8.95. The summed E-state index contributed by atoms with van der Waals surface area (Å²) in [7, 11) is 0. The van der Waals surface area contributed by atoms with Crippen molar-refractivity contribution in [3.63, 3.8) is 0 Å². The molecule has 0 aliphatic rings. The zero-order valence-corrected chi connectivity index (χ0v) is 12.4. The number of anilines is 1. The molecule has 0 saturated carbocycles. The second kappa shape index (κ2) is 5.85. The highest BCUT2D eigenvalue weighted by molar-refractivity contribution is 7.98. The van der Waals surface area contributed by atoms with Crippen LogP contribution in [0.2, 0.25) is 5.02 Å². The van der Waals surface area contributed by atoms with E-state index in [-0.39, 0.29) is 5.02 Å². The van der Waals surface area contributed by atoms with Crippen LogP contribution < -0.4 is 5.73 Å². The van der Waals surface area contributed by atoms with Crippen molar-refractivity contribution in [3.05, 3.63) is 57.9 Å². The normalized spacial score (nSPS) is 10.7. The average molecular weight is 296 g/mol. The lowest BCUT2D eigenvalue weighted by molar-refractivity contribution is 0.628. The fraction of sp³-hybridized carbons (Fsp3) is 0.200. The summed E-state index contributed by atoms with van der Waals surface area (Å²) < 4.78 is 13.2. The summed E-state index contributed by atoms with van der Waals surface area (Å²) in [6, 6.07) is 9.27. The van der Waals surface area contributed by atoms with Crippen LogP contribution in [0.25, 0.3) is 0 Å². The van der Waals surface area contributed by atoms with Crippen LogP contribution in [-0.4, -0.2) is 0 Å². The van der Waals surface area contributed by atoms with Crippen LogP contribution in [0.5, 0.6) is 0 Å². The molecule has 0 aliphatic carbocycles. The van der Waals surface area contributed by atoms with Crippen molar-refractivity contribution in [2.45, 2.75) is 24.5 Å². The summed E-state index contributed by atoms with van der Waals surface area (Å²) in [5, 5.41) is 0.108. The van der Waals surface area contributed by atoms with Gasteiger partial charge in [-0.25, -0.2) is 4.39 Å². The molecule has 0 heterocycles. The average Bonchev–Trinajstić information content (AvgIpc) is 2.31. The third-order valence-electron chi connectivity index (χ3n) is 2.73. The first-order valence-corrected chi connectivity index (χ1v) is 7.26. The van der Waals surface area contributed by atoms with E-state index in [1.807, 2.05) is 0 Å². The molecule has 1 nitrogen and oxygen atoms in total. The van der Waals surface area contributed by atoms with E-state index in [0.717, 1.165) is 10.6 Å². The number of thioether (sulfide) groups is 1. The lowest BCUT2D eigenvalue weighted by Gasteiger charge is -2.08. The minimum Gasteiger partial charge on any atom is -0.398 e. The summed E-state index contributed by atoms with van der Waals surface area (Å²) in [6.07, 6.45) is 0. The SMILES string of the molecule is Cc1cc(C)cc(CSc2cc(Cl)c(F)cc2N)c1. The summed E-state index contributed by atoms with van der Waals surface area (Å²) >= 11 is 7.34. The fourth-order valence-corrected chi connectivity index (χ4v) is 3.13. The number of hydrogen-bond acceptors (Lipinski definition) is 2. The Morgan fingerprint density at radius 2 is 1.74 bits per heavy atom. The second-order valence-electron chi connectivity index (χ2n) is 4.59. The topological polar surface area (TPSA) is 26.0 Å². The Kier molecular flexibility index (Phi) is 4.38. The largest absolute Gasteiger partial charge is 0.398 e. The van der Waals surface area contributed by atoms with Crippen molar-refractivity contribution < 1.29 is 4.39 Å². The smallest absolute Gasteiger partial charge is 0.143 e. The van der Waals surface area contributed by atoms with Gasteiger partial charge in [0.2, 0.25) is 0 Å². The third kappa shape index (κ3) is 3.64. The maximum absolute atomic E-state index is 13.2. The number of nitrogen functional groups attached to an aromatic ring is 1. The van der Waals surface area contributed by atoms with Crippen LogP contribution in [0.3, 0.4) is 0 Å². The molecule has 0 aliphatic heterocycles. The summed E-state index contributed by atoms with van der Waals surface area (Å²) in [5.74, 6) is 0.309. The van der Waals surface area contributed by atoms with Crippen molar-refractivity contribution in [1.29, 1.82) is 0 Å². The van der Waals surface area contributed by atoms with Gasteiger partial charge in [0, 0.05) is 16.3 Å². The molecule has 4 heteroatoms. The molecule has 0 spiro atoms. The Morgan fingerprint density at radius 3 is 2.37 bits per heavy atom. The first-order valence-electron chi connectivity index (χ1n) is 5.90. The molecule has 0 unspecified atom stereocenters. The molecule has 19 heavy (non-hydrogen) atoms. The standard InChI is InChI=1S/C15H15ClFNS/c1-9-3-10(2)5-11(4-9)8-19-15-6-12(16)13(17)7-14(15)18/h3-7H,8,18H2,1-2H3. The Hall–Kier alpha value is -1.19. The predicted octanol–water partition coefficient (Wildman–Crippen LogP) is 4.97. The van der Waals surface area contributed by atoms with Gasteiger partial charge in [-0.1, -0.05) is 40.9 Å². The minimum absolute atomic E-state index is 0.108. The van der Waals surface area contributed by atoms with Gasteiger partial charge in [0.15, 0.2) is 0 Å². The summed E-state index contributed by atoms with van der Waals surface area (Å²) in [4.78, 5) is 0.811. The number of nitrogens with two attached hydrogens (primary N) is 1. The van der Waals surface area contributed by atoms with Crippen LogP contribution in [0.4, 0.5) is 10.1 Å². The van der Waals surface area contributed by atoms with Gasteiger partial charge in [0.05, 0.1) is 5.02 Å². The molecular formula is C15H15ClFNS. The Labute approximate surface area is 122 Å². The van der Waals surface area contributed by atoms with Gasteiger partial charge < -0.3 is 5.73 Å². The Bertz CT molecular complexity index is 593. The van der Waals surface area contributed by atoms with E-state index in [4.69, 9.17) is 17.3 Å². The van der Waals surface area contributed by atoms with E-state index in [2.05, 4.69) is 32.0 Å². The van der Waals surface area contributed by atoms with E-state index >= 15 is 0 Å². The number of benzene rings is 2. The third-order valence-corrected chi connectivity index (χ3v) is 4.16. The molecule has 2 aromatic carbocycles. The van der Waals surface area contributed by atoms with Crippen molar-refractivity contribution >= 4 is 29.1 Å². The number of rotatable bonds is 3. The van der Waals surface area contributed by atoms with Crippen LogP contribution in [0.1, 0.15) is 16.7 Å². The summed E-state index contributed by atoms with van der Waals surface area (Å²) in [5.41, 5.74) is 9.92. The molecule has 0 amide bonds. The van der Waals surface area contributed by atoms with E-state index < -0.39 is 5.82 Å². The minimum atomic E-state index is -0.477. The summed E-state index contributed by atoms with van der Waals surface area (Å²) in [6.45, 7) is 4.15. The zero-order valence-electron chi connectivity index (χ0n) is 10.8. The highest BCUT2D eigenvalue weighted by Crippen LogP contribution is 2.32. The van der Waals surface area contributed by atoms with Crippen molar-refractivity contribution in [2.75, 3.05) is 5.73 Å². The predicted molar refractivity (Wildman–Crippen MR) is 81.3 cm³/mol. The zero-order chi connectivity index (χ0) is 14.0. The molecule has 0 aromatic heterocycles. The fourth-order valence-electron chi connectivity index (χ4n) is 1.98. The van der Waals surface area contributed by atoms with E-state index in [1.54, 1.807) is 17.8 Å². The molecule has 2 rings (SSSR count). The molecule has 100 valence electrons. The Balaban J connectivity index is 2.16. The van der Waals surface area contributed by atoms with Crippen molar-refractivity contribution in [1.82, 2.24) is 0 Å². The lowest BCUT2D eigenvalue weighted by atomic mass is 10.1. The quantitative estimate of drug-likeness (QED) is 0.639. The van der Waals surface area contributed by atoms with Crippen LogP contribution in [0.15, 0.2) is 35.2 Å². The highest BCUT2D eigenvalue weighted by atomic mass is 35.5. The van der Waals surface area contributed by atoms with Gasteiger partial charge in [-0.3, -0.25) is 0 Å². The van der Waals surface area contributed by atoms with Gasteiger partial charge in [0.1, 0.15) is 5.82 Å². The molecule has 0 atom stereocenters. The number of halogens is 2. The molecule has 0 fully saturated rings. The van der Waals surface area contributed by atoms with Crippen LogP contribution in [0, 0.1) is 19.7 Å². The van der Waals surface area contributed by atoms with Gasteiger partial charge in [-0.05, 0) is 31.5 Å². The number of hydrogen-bond donors (Lipinski definition) is 1. The van der Waals surface area contributed by atoms with Crippen LogP contribution >= 0.6 is 23.4 Å². The molecule has 2 N–H and O–H groups in total. The molecule has 0 radical (unpaired) electrons. The van der Waals surface area contributed by atoms with E-state index in [1.165, 1.54) is 22.8 Å².